The van der Waals surface area contributed by atoms with Gasteiger partial charge < -0.3 is 26.2 Å². The zero-order valence-electron chi connectivity index (χ0n) is 20.9. The van der Waals surface area contributed by atoms with E-state index in [0.717, 1.165) is 29.8 Å². The van der Waals surface area contributed by atoms with Crippen molar-refractivity contribution >= 4 is 17.5 Å². The Morgan fingerprint density at radius 1 is 1.06 bits per heavy atom. The molecule has 2 atom stereocenters. The first-order valence-corrected chi connectivity index (χ1v) is 12.6. The largest absolute Gasteiger partial charge is 0.384 e. The predicted molar refractivity (Wildman–Crippen MR) is 139 cm³/mol. The van der Waals surface area contributed by atoms with Crippen LogP contribution in [0.25, 0.3) is 0 Å². The molecule has 1 aliphatic carbocycles. The average Bonchev–Trinajstić information content (AvgIpc) is 3.48. The number of hydrogen-bond acceptors (Lipinski definition) is 5. The van der Waals surface area contributed by atoms with E-state index in [-0.39, 0.29) is 24.0 Å². The Balaban J connectivity index is 1.73. The summed E-state index contributed by atoms with van der Waals surface area (Å²) >= 11 is 0. The molecule has 1 fully saturated rings. The van der Waals surface area contributed by atoms with E-state index in [1.807, 2.05) is 30.3 Å². The van der Waals surface area contributed by atoms with Crippen LogP contribution in [0.4, 0.5) is 5.69 Å². The lowest BCUT2D eigenvalue weighted by molar-refractivity contribution is -0.124. The molecule has 2 amide bonds. The quantitative estimate of drug-likeness (QED) is 0.516. The van der Waals surface area contributed by atoms with Gasteiger partial charge in [-0.1, -0.05) is 43.2 Å². The van der Waals surface area contributed by atoms with Crippen molar-refractivity contribution in [2.45, 2.75) is 64.3 Å². The molecule has 1 saturated carbocycles. The van der Waals surface area contributed by atoms with Crippen LogP contribution in [-0.2, 0) is 11.3 Å². The van der Waals surface area contributed by atoms with Gasteiger partial charge in [-0.15, -0.1) is 0 Å². The highest BCUT2D eigenvalue weighted by Gasteiger charge is 2.45. The minimum Gasteiger partial charge on any atom is -0.384 e. The molecule has 2 unspecified atom stereocenters. The fourth-order valence-electron chi connectivity index (χ4n) is 5.35. The normalized spacial score (nSPS) is 20.1. The molecule has 1 aliphatic heterocycles. The van der Waals surface area contributed by atoms with Crippen molar-refractivity contribution in [3.8, 4) is 0 Å². The molecule has 2 aromatic carbocycles. The molecule has 0 spiro atoms. The second-order valence-electron chi connectivity index (χ2n) is 9.79. The number of carbonyl (C=O) groups is 2. The van der Waals surface area contributed by atoms with Gasteiger partial charge in [-0.25, -0.2) is 0 Å². The molecule has 186 valence electrons. The van der Waals surface area contributed by atoms with Gasteiger partial charge in [-0.05, 0) is 56.5 Å². The van der Waals surface area contributed by atoms with Crippen LogP contribution in [0.5, 0.6) is 0 Å². The van der Waals surface area contributed by atoms with Crippen LogP contribution in [-0.4, -0.2) is 42.0 Å². The number of primary amides is 1. The van der Waals surface area contributed by atoms with E-state index in [4.69, 9.17) is 5.73 Å². The molecule has 35 heavy (non-hydrogen) atoms. The summed E-state index contributed by atoms with van der Waals surface area (Å²) in [7, 11) is 1.71. The first-order chi connectivity index (χ1) is 16.9. The van der Waals surface area contributed by atoms with E-state index in [9.17, 15) is 9.59 Å². The number of amides is 2. The standard InChI is InChI=1S/C28H37N5O2/c1-19(2)33(23-11-5-4-6-12-23)28-25(27(35)30-3)24(31-22-9-7-8-10-22)18-32(28)17-20-13-15-21(16-14-20)26(29)34/h4-6,11-16,18-19,22,25,28,31H,7-10,17H2,1-3H3,(H2,29,34)(H,30,35). The number of nitrogens with zero attached hydrogens (tertiary/aromatic N) is 2. The highest BCUT2D eigenvalue weighted by atomic mass is 16.2. The van der Waals surface area contributed by atoms with Crippen LogP contribution >= 0.6 is 0 Å². The summed E-state index contributed by atoms with van der Waals surface area (Å²) in [6.07, 6.45) is 6.61. The number of hydrogen-bond donors (Lipinski definition) is 3. The monoisotopic (exact) mass is 475 g/mol. The minimum absolute atomic E-state index is 0.0000885. The minimum atomic E-state index is -0.437. The summed E-state index contributed by atoms with van der Waals surface area (Å²) in [6, 6.07) is 18.2. The van der Waals surface area contributed by atoms with E-state index in [0.29, 0.717) is 18.2 Å². The van der Waals surface area contributed by atoms with Crippen LogP contribution in [0.3, 0.4) is 0 Å². The summed E-state index contributed by atoms with van der Waals surface area (Å²) in [5, 5.41) is 6.65. The van der Waals surface area contributed by atoms with Gasteiger partial charge in [0.1, 0.15) is 12.1 Å². The molecule has 2 aliphatic rings. The Bertz CT molecular complexity index is 1040. The Hall–Kier alpha value is -3.48. The number of rotatable bonds is 9. The molecular formula is C28H37N5O2. The van der Waals surface area contributed by atoms with Crippen LogP contribution in [0.15, 0.2) is 66.5 Å². The second kappa shape index (κ2) is 10.8. The molecule has 4 N–H and O–H groups in total. The molecule has 0 saturated heterocycles. The Morgan fingerprint density at radius 3 is 2.29 bits per heavy atom. The van der Waals surface area contributed by atoms with E-state index in [1.54, 1.807) is 19.2 Å². The Morgan fingerprint density at radius 2 is 1.71 bits per heavy atom. The third kappa shape index (κ3) is 5.45. The number of nitrogens with one attached hydrogen (secondary N) is 2. The van der Waals surface area contributed by atoms with Gasteiger partial charge in [-0.2, -0.15) is 0 Å². The van der Waals surface area contributed by atoms with Crippen molar-refractivity contribution < 1.29 is 9.59 Å². The smallest absolute Gasteiger partial charge is 0.248 e. The van der Waals surface area contributed by atoms with Gasteiger partial charge in [0.15, 0.2) is 0 Å². The third-order valence-electron chi connectivity index (χ3n) is 7.03. The molecule has 4 rings (SSSR count). The second-order valence-corrected chi connectivity index (χ2v) is 9.79. The fourth-order valence-corrected chi connectivity index (χ4v) is 5.35. The highest BCUT2D eigenvalue weighted by Crippen LogP contribution is 2.36. The van der Waals surface area contributed by atoms with Crippen molar-refractivity contribution in [2.75, 3.05) is 11.9 Å². The lowest BCUT2D eigenvalue weighted by Crippen LogP contribution is -2.55. The van der Waals surface area contributed by atoms with Gasteiger partial charge in [0.05, 0.1) is 0 Å². The molecule has 2 aromatic rings. The topological polar surface area (TPSA) is 90.7 Å². The van der Waals surface area contributed by atoms with Gasteiger partial charge in [0.25, 0.3) is 0 Å². The van der Waals surface area contributed by atoms with E-state index < -0.39 is 5.91 Å². The van der Waals surface area contributed by atoms with Gasteiger partial charge in [-0.3, -0.25) is 9.59 Å². The summed E-state index contributed by atoms with van der Waals surface area (Å²) in [5.74, 6) is -0.804. The number of para-hydroxylation sites is 1. The Kier molecular flexibility index (Phi) is 7.63. The average molecular weight is 476 g/mol. The molecule has 0 bridgehead atoms. The molecule has 7 heteroatoms. The van der Waals surface area contributed by atoms with E-state index in [1.165, 1.54) is 12.8 Å². The maximum absolute atomic E-state index is 13.4. The lowest BCUT2D eigenvalue weighted by Gasteiger charge is -2.43. The predicted octanol–water partition coefficient (Wildman–Crippen LogP) is 3.58. The summed E-state index contributed by atoms with van der Waals surface area (Å²) < 4.78 is 0. The van der Waals surface area contributed by atoms with Crippen molar-refractivity contribution in [1.29, 1.82) is 0 Å². The summed E-state index contributed by atoms with van der Waals surface area (Å²) in [6.45, 7) is 4.93. The maximum Gasteiger partial charge on any atom is 0.248 e. The van der Waals surface area contributed by atoms with Gasteiger partial charge in [0.2, 0.25) is 11.8 Å². The summed E-state index contributed by atoms with van der Waals surface area (Å²) in [4.78, 5) is 29.5. The van der Waals surface area contributed by atoms with Crippen LogP contribution in [0, 0.1) is 5.92 Å². The first kappa shape index (κ1) is 24.6. The number of anilines is 1. The van der Waals surface area contributed by atoms with E-state index in [2.05, 4.69) is 52.6 Å². The van der Waals surface area contributed by atoms with Gasteiger partial charge >= 0.3 is 0 Å². The SMILES string of the molecule is CNC(=O)C1C(NC2CCCC2)=CN(Cc2ccc(C(N)=O)cc2)C1N(c1ccccc1)C(C)C. The molecule has 1 heterocycles. The van der Waals surface area contributed by atoms with Crippen molar-refractivity contribution in [3.63, 3.8) is 0 Å². The van der Waals surface area contributed by atoms with Crippen LogP contribution in [0.2, 0.25) is 0 Å². The Labute approximate surface area is 208 Å². The van der Waals surface area contributed by atoms with E-state index >= 15 is 0 Å². The zero-order chi connectivity index (χ0) is 24.9. The zero-order valence-corrected chi connectivity index (χ0v) is 20.9. The number of nitrogens with two attached hydrogens (primary N) is 1. The summed E-state index contributed by atoms with van der Waals surface area (Å²) in [5.41, 5.74) is 9.01. The van der Waals surface area contributed by atoms with Crippen molar-refractivity contribution in [3.05, 3.63) is 77.6 Å². The molecule has 0 aromatic heterocycles. The molecule has 0 radical (unpaired) electrons. The third-order valence-corrected chi connectivity index (χ3v) is 7.03. The maximum atomic E-state index is 13.4. The lowest BCUT2D eigenvalue weighted by atomic mass is 9.99. The van der Waals surface area contributed by atoms with Crippen molar-refractivity contribution in [1.82, 2.24) is 15.5 Å². The van der Waals surface area contributed by atoms with Crippen LogP contribution in [0.1, 0.15) is 55.5 Å². The van der Waals surface area contributed by atoms with Crippen molar-refractivity contribution in [2.24, 2.45) is 11.7 Å². The number of carbonyl (C=O) groups excluding carboxylic acids is 2. The molecule has 7 nitrogen and oxygen atoms in total. The first-order valence-electron chi connectivity index (χ1n) is 12.6. The number of benzene rings is 2. The van der Waals surface area contributed by atoms with Gasteiger partial charge in [0, 0.05) is 48.8 Å². The van der Waals surface area contributed by atoms with Crippen LogP contribution < -0.4 is 21.3 Å². The fraction of sp³-hybridized carbons (Fsp3) is 0.429. The highest BCUT2D eigenvalue weighted by molar-refractivity contribution is 5.92. The molecular weight excluding hydrogens is 438 g/mol.